The van der Waals surface area contributed by atoms with Gasteiger partial charge >= 0.3 is 6.36 Å². The first kappa shape index (κ1) is 23.4. The van der Waals surface area contributed by atoms with Gasteiger partial charge in [0.15, 0.2) is 4.90 Å². The Bertz CT molecular complexity index is 1030. The van der Waals surface area contributed by atoms with Crippen LogP contribution in [0.4, 0.5) is 13.2 Å². The predicted octanol–water partition coefficient (Wildman–Crippen LogP) is 4.77. The predicted molar refractivity (Wildman–Crippen MR) is 116 cm³/mol. The highest BCUT2D eigenvalue weighted by Crippen LogP contribution is 2.34. The highest BCUT2D eigenvalue weighted by Gasteiger charge is 2.33. The van der Waals surface area contributed by atoms with Crippen molar-refractivity contribution in [3.8, 4) is 11.8 Å². The van der Waals surface area contributed by atoms with Crippen LogP contribution in [0.3, 0.4) is 0 Å². The summed E-state index contributed by atoms with van der Waals surface area (Å²) >= 11 is -1.49. The zero-order valence-corrected chi connectivity index (χ0v) is 18.4. The van der Waals surface area contributed by atoms with Crippen molar-refractivity contribution < 1.29 is 27.3 Å². The van der Waals surface area contributed by atoms with Crippen LogP contribution in [0.5, 0.6) is 5.75 Å². The lowest BCUT2D eigenvalue weighted by atomic mass is 10.0. The monoisotopic (exact) mass is 477 g/mol. The van der Waals surface area contributed by atoms with Crippen LogP contribution in [0, 0.1) is 17.2 Å². The molecule has 1 aliphatic heterocycles. The van der Waals surface area contributed by atoms with Crippen LogP contribution >= 0.6 is 0 Å². The number of piperidine rings is 1. The number of hydrogen-bond acceptors (Lipinski definition) is 6. The van der Waals surface area contributed by atoms with Crippen molar-refractivity contribution in [1.29, 1.82) is 5.26 Å². The molecule has 2 aromatic rings. The van der Waals surface area contributed by atoms with Crippen molar-refractivity contribution in [2.24, 2.45) is 11.1 Å². The molecular formula is C23H22F3N3O3S. The Morgan fingerprint density at radius 2 is 1.79 bits per heavy atom. The van der Waals surface area contributed by atoms with Gasteiger partial charge in [0.25, 0.3) is 0 Å². The van der Waals surface area contributed by atoms with E-state index in [1.807, 2.05) is 18.2 Å². The van der Waals surface area contributed by atoms with Gasteiger partial charge in [0.1, 0.15) is 11.9 Å². The molecule has 1 saturated heterocycles. The Morgan fingerprint density at radius 1 is 1.09 bits per heavy atom. The fourth-order valence-electron chi connectivity index (χ4n) is 3.61. The van der Waals surface area contributed by atoms with Crippen LogP contribution in [0.15, 0.2) is 58.6 Å². The van der Waals surface area contributed by atoms with Crippen LogP contribution in [0.1, 0.15) is 36.8 Å². The second-order valence-corrected chi connectivity index (χ2v) is 9.43. The maximum Gasteiger partial charge on any atom is 0.573 e. The first-order valence-corrected chi connectivity index (χ1v) is 11.7. The van der Waals surface area contributed by atoms with Gasteiger partial charge in [-0.3, -0.25) is 0 Å². The lowest BCUT2D eigenvalue weighted by Gasteiger charge is -2.30. The average Bonchev–Trinajstić information content (AvgIpc) is 3.64. The average molecular weight is 478 g/mol. The molecule has 2 fully saturated rings. The number of halogens is 3. The number of oxime groups is 1. The van der Waals surface area contributed by atoms with Crippen molar-refractivity contribution >= 4 is 17.1 Å². The highest BCUT2D eigenvalue weighted by atomic mass is 32.2. The van der Waals surface area contributed by atoms with E-state index < -0.39 is 17.7 Å². The van der Waals surface area contributed by atoms with E-state index in [1.165, 1.54) is 12.1 Å². The molecule has 33 heavy (non-hydrogen) atoms. The quantitative estimate of drug-likeness (QED) is 0.326. The summed E-state index contributed by atoms with van der Waals surface area (Å²) < 4.78 is 55.3. The van der Waals surface area contributed by atoms with Gasteiger partial charge in [-0.15, -0.1) is 17.5 Å². The number of benzene rings is 2. The molecular weight excluding hydrogens is 455 g/mol. The number of rotatable bonds is 7. The standard InChI is InChI=1S/C23H22F3N3O3S/c24-23(25,26)31-19-6-8-21(9-7-19)33(30)29-12-10-20(11-13-29)32-28-22(17-4-5-17)18-3-1-2-16(14-18)15-27/h1-3,6-9,14,17,20H,4-5,10-13H2. The van der Waals surface area contributed by atoms with Gasteiger partial charge < -0.3 is 14.1 Å². The van der Waals surface area contributed by atoms with E-state index in [0.717, 1.165) is 36.2 Å². The lowest BCUT2D eigenvalue weighted by molar-refractivity contribution is -0.274. The van der Waals surface area contributed by atoms with E-state index in [-0.39, 0.29) is 11.9 Å². The summed E-state index contributed by atoms with van der Waals surface area (Å²) in [6.45, 7) is 1.02. The molecule has 1 atom stereocenters. The molecule has 2 aliphatic rings. The van der Waals surface area contributed by atoms with Gasteiger partial charge in [0.2, 0.25) is 0 Å². The minimum Gasteiger partial charge on any atom is -0.593 e. The third-order valence-corrected chi connectivity index (χ3v) is 6.96. The summed E-state index contributed by atoms with van der Waals surface area (Å²) in [5.41, 5.74) is 2.34. The Labute approximate surface area is 192 Å². The molecule has 0 aromatic heterocycles. The van der Waals surface area contributed by atoms with Crippen LogP contribution < -0.4 is 4.74 Å². The van der Waals surface area contributed by atoms with E-state index in [0.29, 0.717) is 42.3 Å². The Morgan fingerprint density at radius 3 is 2.39 bits per heavy atom. The summed E-state index contributed by atoms with van der Waals surface area (Å²) in [6.07, 6.45) is -1.54. The number of ether oxygens (including phenoxy) is 1. The second kappa shape index (κ2) is 10.0. The molecule has 0 spiro atoms. The second-order valence-electron chi connectivity index (χ2n) is 7.95. The van der Waals surface area contributed by atoms with E-state index in [1.54, 1.807) is 10.4 Å². The van der Waals surface area contributed by atoms with Crippen molar-refractivity contribution in [2.45, 2.75) is 43.0 Å². The van der Waals surface area contributed by atoms with Gasteiger partial charge in [-0.1, -0.05) is 17.3 Å². The topological polar surface area (TPSA) is 80.9 Å². The lowest BCUT2D eigenvalue weighted by Crippen LogP contribution is -2.40. The molecule has 174 valence electrons. The molecule has 0 N–H and O–H groups in total. The van der Waals surface area contributed by atoms with Crippen molar-refractivity contribution in [3.63, 3.8) is 0 Å². The largest absolute Gasteiger partial charge is 0.593 e. The number of nitrogens with zero attached hydrogens (tertiary/aromatic N) is 3. The van der Waals surface area contributed by atoms with Gasteiger partial charge in [0, 0.05) is 37.4 Å². The fraction of sp³-hybridized carbons (Fsp3) is 0.391. The third-order valence-electron chi connectivity index (χ3n) is 5.45. The first-order chi connectivity index (χ1) is 15.8. The smallest absolute Gasteiger partial charge is 0.573 e. The van der Waals surface area contributed by atoms with Crippen LogP contribution in [-0.4, -0.2) is 40.1 Å². The summed E-state index contributed by atoms with van der Waals surface area (Å²) in [5.74, 6) is -0.00386. The summed E-state index contributed by atoms with van der Waals surface area (Å²) in [7, 11) is 0. The maximum atomic E-state index is 12.8. The summed E-state index contributed by atoms with van der Waals surface area (Å²) in [6, 6.07) is 14.5. The first-order valence-electron chi connectivity index (χ1n) is 10.6. The van der Waals surface area contributed by atoms with E-state index in [2.05, 4.69) is 16.0 Å². The molecule has 4 rings (SSSR count). The zero-order chi connectivity index (χ0) is 23.4. The van der Waals surface area contributed by atoms with Crippen molar-refractivity contribution in [1.82, 2.24) is 4.31 Å². The summed E-state index contributed by atoms with van der Waals surface area (Å²) in [5, 5.41) is 13.6. The fourth-order valence-corrected chi connectivity index (χ4v) is 4.82. The Balaban J connectivity index is 1.32. The van der Waals surface area contributed by atoms with Crippen LogP contribution in [0.2, 0.25) is 0 Å². The van der Waals surface area contributed by atoms with Gasteiger partial charge in [-0.05, 0) is 49.2 Å². The number of alkyl halides is 3. The molecule has 1 saturated carbocycles. The molecule has 0 radical (unpaired) electrons. The number of nitriles is 1. The van der Waals surface area contributed by atoms with Crippen molar-refractivity contribution in [2.75, 3.05) is 13.1 Å². The van der Waals surface area contributed by atoms with E-state index in [9.17, 15) is 17.7 Å². The molecule has 0 bridgehead atoms. The molecule has 2 aromatic carbocycles. The highest BCUT2D eigenvalue weighted by molar-refractivity contribution is 7.89. The van der Waals surface area contributed by atoms with Gasteiger partial charge in [0.05, 0.1) is 28.7 Å². The molecule has 1 aliphatic carbocycles. The SMILES string of the molecule is N#Cc1cccc(C(=NOC2CCN([S+]([O-])c3ccc(OC(F)(F)F)cc3)CC2)C2CC2)c1. The molecule has 0 amide bonds. The van der Waals surface area contributed by atoms with Crippen LogP contribution in [0.25, 0.3) is 0 Å². The molecule has 6 nitrogen and oxygen atoms in total. The molecule has 1 heterocycles. The molecule has 1 unspecified atom stereocenters. The number of hydrogen-bond donors (Lipinski definition) is 0. The minimum absolute atomic E-state index is 0.117. The normalized spacial score (nSPS) is 19.1. The minimum atomic E-state index is -4.76. The van der Waals surface area contributed by atoms with Gasteiger partial charge in [-0.25, -0.2) is 0 Å². The van der Waals surface area contributed by atoms with Crippen molar-refractivity contribution in [3.05, 3.63) is 59.7 Å². The zero-order valence-electron chi connectivity index (χ0n) is 17.6. The van der Waals surface area contributed by atoms with E-state index >= 15 is 0 Å². The van der Waals surface area contributed by atoms with Crippen LogP contribution in [-0.2, 0) is 16.2 Å². The third kappa shape index (κ3) is 6.41. The Hall–Kier alpha value is -2.74. The summed E-state index contributed by atoms with van der Waals surface area (Å²) in [4.78, 5) is 6.24. The van der Waals surface area contributed by atoms with Gasteiger partial charge in [-0.2, -0.15) is 5.26 Å². The Kier molecular flexibility index (Phi) is 7.12. The maximum absolute atomic E-state index is 12.8. The van der Waals surface area contributed by atoms with E-state index in [4.69, 9.17) is 10.1 Å². The molecule has 10 heteroatoms.